The third kappa shape index (κ3) is 23.5. The van der Waals surface area contributed by atoms with Gasteiger partial charge in [0, 0.05) is 22.2 Å². The standard InChI is InChI=1S/C15H19NO3S2.C14H16N4S.C2H6.CH3F.N3.Na/c1-12-16-15(11-20-12)7-6-13-4-3-5-14(10-13)8-9-19-21(2,17)18;1-11-17-14(10-19-11)6-5-12-3-2-4-13(9-12)7-8-16-18-15;2*1-2;1-3-2;/h3-5,10-11H,6-9H2,1-2H3;2-4,9-10H,5-8H2,1H3;1-2H3;1H3;;/q;;;;-1;+1/i;;;1D;;. The van der Waals surface area contributed by atoms with E-state index in [4.69, 9.17) is 22.1 Å². The van der Waals surface area contributed by atoms with Gasteiger partial charge < -0.3 is 11.1 Å². The Hall–Kier alpha value is -2.84. The molecule has 4 rings (SSSR count). The molecule has 0 saturated carbocycles. The van der Waals surface area contributed by atoms with E-state index in [1.54, 1.807) is 22.7 Å². The van der Waals surface area contributed by atoms with Crippen LogP contribution in [0.5, 0.6) is 0 Å². The van der Waals surface area contributed by atoms with Crippen molar-refractivity contribution in [3.63, 3.8) is 0 Å². The van der Waals surface area contributed by atoms with Gasteiger partial charge in [0.25, 0.3) is 10.1 Å². The van der Waals surface area contributed by atoms with Gasteiger partial charge in [-0.1, -0.05) is 67.5 Å². The Labute approximate surface area is 315 Å². The van der Waals surface area contributed by atoms with E-state index in [2.05, 4.69) is 67.2 Å². The summed E-state index contributed by atoms with van der Waals surface area (Å²) in [5.74, 6) is 0. The first-order valence-corrected chi connectivity index (χ1v) is 18.3. The predicted molar refractivity (Wildman–Crippen MR) is 192 cm³/mol. The van der Waals surface area contributed by atoms with Gasteiger partial charge in [0.1, 0.15) is 0 Å². The summed E-state index contributed by atoms with van der Waals surface area (Å²) < 4.78 is 42.1. The molecule has 0 N–H and O–H groups in total. The first-order valence-electron chi connectivity index (χ1n) is 15.4. The Morgan fingerprint density at radius 3 is 1.58 bits per heavy atom. The Balaban J connectivity index is 0. The fourth-order valence-corrected chi connectivity index (χ4v) is 5.69. The van der Waals surface area contributed by atoms with Crippen LogP contribution in [-0.2, 0) is 52.8 Å². The van der Waals surface area contributed by atoms with Gasteiger partial charge >= 0.3 is 29.6 Å². The van der Waals surface area contributed by atoms with Crippen molar-refractivity contribution in [3.05, 3.63) is 129 Å². The molecule has 2 aromatic carbocycles. The zero-order valence-electron chi connectivity index (χ0n) is 29.5. The zero-order valence-corrected chi connectivity index (χ0v) is 33.0. The smallest absolute Gasteiger partial charge is 0.373 e. The van der Waals surface area contributed by atoms with Crippen molar-refractivity contribution < 1.29 is 47.9 Å². The van der Waals surface area contributed by atoms with Crippen molar-refractivity contribution in [3.8, 4) is 0 Å². The first kappa shape index (κ1) is 45.2. The second kappa shape index (κ2) is 29.1. The van der Waals surface area contributed by atoms with Crippen molar-refractivity contribution in [2.75, 3.05) is 26.6 Å². The summed E-state index contributed by atoms with van der Waals surface area (Å²) in [6, 6.07) is 16.6. The van der Waals surface area contributed by atoms with Crippen LogP contribution in [0.25, 0.3) is 26.4 Å². The molecule has 48 heavy (non-hydrogen) atoms. The van der Waals surface area contributed by atoms with E-state index in [1.165, 1.54) is 27.3 Å². The molecule has 0 saturated heterocycles. The van der Waals surface area contributed by atoms with Crippen molar-refractivity contribution in [1.29, 1.82) is 0 Å². The van der Waals surface area contributed by atoms with Crippen LogP contribution in [0.15, 0.2) is 64.4 Å². The molecule has 11 nitrogen and oxygen atoms in total. The molecule has 0 aliphatic carbocycles. The average molecular weight is 728 g/mol. The van der Waals surface area contributed by atoms with Crippen LogP contribution in [0, 0.1) is 13.8 Å². The van der Waals surface area contributed by atoms with Gasteiger partial charge in [-0.2, -0.15) is 8.42 Å². The molecule has 0 bridgehead atoms. The topological polar surface area (TPSA) is 177 Å². The van der Waals surface area contributed by atoms with Gasteiger partial charge in [-0.05, 0) is 80.2 Å². The van der Waals surface area contributed by atoms with Gasteiger partial charge in [0.05, 0.1) is 42.8 Å². The number of aryl methyl sites for hydroxylation is 6. The summed E-state index contributed by atoms with van der Waals surface area (Å²) >= 11 is 3.37. The normalized spacial score (nSPS) is 9.83. The number of aromatic nitrogens is 2. The van der Waals surface area contributed by atoms with E-state index < -0.39 is 17.3 Å². The second-order valence-electron chi connectivity index (χ2n) is 9.43. The largest absolute Gasteiger partial charge is 1.00 e. The third-order valence-electron chi connectivity index (χ3n) is 5.91. The summed E-state index contributed by atoms with van der Waals surface area (Å²) in [4.78, 5) is 13.2. The Kier molecular flexibility index (Phi) is 27.4. The maximum Gasteiger partial charge on any atom is 1.00 e. The number of halogens is 1. The number of hydrogen-bond donors (Lipinski definition) is 0. The van der Waals surface area contributed by atoms with Gasteiger partial charge in [-0.25, -0.2) is 9.97 Å². The number of nitrogens with zero attached hydrogens (tertiary/aromatic N) is 8. The quantitative estimate of drug-likeness (QED) is 0.0513. The van der Waals surface area contributed by atoms with Crippen LogP contribution in [-0.4, -0.2) is 44.9 Å². The summed E-state index contributed by atoms with van der Waals surface area (Å²) in [6.07, 6.45) is 6.30. The molecule has 2 aromatic heterocycles. The van der Waals surface area contributed by atoms with Crippen LogP contribution < -0.4 is 29.6 Å². The molecule has 0 unspecified atom stereocenters. The molecule has 0 amide bonds. The van der Waals surface area contributed by atoms with Crippen molar-refractivity contribution >= 4 is 32.8 Å². The summed E-state index contributed by atoms with van der Waals surface area (Å²) in [7, 11) is -4.36. The Morgan fingerprint density at radius 2 is 1.23 bits per heavy atom. The van der Waals surface area contributed by atoms with Crippen LogP contribution in [0.3, 0.4) is 0 Å². The van der Waals surface area contributed by atoms with Crippen LogP contribution >= 0.6 is 22.7 Å². The molecule has 16 heteroatoms. The number of rotatable bonds is 13. The summed E-state index contributed by atoms with van der Waals surface area (Å²) in [5, 5.41) is 10.0. The van der Waals surface area contributed by atoms with Gasteiger partial charge in [0.15, 0.2) is 0 Å². The molecule has 0 spiro atoms. The van der Waals surface area contributed by atoms with Gasteiger partial charge in [-0.3, -0.25) is 13.5 Å². The van der Waals surface area contributed by atoms with E-state index >= 15 is 0 Å². The fraction of sp³-hybridized carbons (Fsp3) is 0.438. The minimum atomic E-state index is -3.36. The summed E-state index contributed by atoms with van der Waals surface area (Å²) in [5.41, 5.74) is 28.9. The minimum Gasteiger partial charge on any atom is -0.373 e. The molecule has 0 atom stereocenters. The molecule has 0 fully saturated rings. The molecule has 256 valence electrons. The van der Waals surface area contributed by atoms with Crippen LogP contribution in [0.4, 0.5) is 4.39 Å². The number of alkyl halides is 1. The van der Waals surface area contributed by atoms with E-state index in [1.807, 2.05) is 39.8 Å². The molecule has 4 aromatic rings. The Bertz CT molecular complexity index is 1650. The molecule has 0 aliphatic heterocycles. The second-order valence-corrected chi connectivity index (χ2v) is 13.2. The first-order chi connectivity index (χ1) is 23.0. The van der Waals surface area contributed by atoms with E-state index in [-0.39, 0.29) is 36.2 Å². The summed E-state index contributed by atoms with van der Waals surface area (Å²) in [6.45, 7) is 8.75. The maximum absolute atomic E-state index is 10.9. The number of azide groups is 1. The zero-order chi connectivity index (χ0) is 36.2. The number of benzene rings is 2. The monoisotopic (exact) mass is 727 g/mol. The fourth-order valence-electron chi connectivity index (χ4n) is 4.01. The van der Waals surface area contributed by atoms with Crippen LogP contribution in [0.2, 0.25) is 0 Å². The van der Waals surface area contributed by atoms with Gasteiger partial charge in [0.2, 0.25) is 0 Å². The molecule has 0 aliphatic rings. The van der Waals surface area contributed by atoms with E-state index in [9.17, 15) is 12.8 Å². The maximum atomic E-state index is 10.9. The number of hydrogen-bond acceptors (Lipinski definition) is 8. The third-order valence-corrected chi connectivity index (χ3v) is 8.15. The van der Waals surface area contributed by atoms with Crippen molar-refractivity contribution in [2.45, 2.75) is 66.2 Å². The predicted octanol–water partition coefficient (Wildman–Crippen LogP) is 6.33. The molecular weight excluding hydrogens is 683 g/mol. The van der Waals surface area contributed by atoms with Crippen LogP contribution in [0.1, 0.15) is 58.9 Å². The van der Waals surface area contributed by atoms with E-state index in [0.717, 1.165) is 59.6 Å². The molecular formula is C32H44FN8NaO3S3. The molecule has 0 radical (unpaired) electrons. The van der Waals surface area contributed by atoms with E-state index in [0.29, 0.717) is 13.0 Å². The molecule has 2 heterocycles. The van der Waals surface area contributed by atoms with Crippen molar-refractivity contribution in [1.82, 2.24) is 9.97 Å². The average Bonchev–Trinajstić information content (AvgIpc) is 3.68. The Morgan fingerprint density at radius 1 is 0.833 bits per heavy atom. The number of thiazole rings is 2. The van der Waals surface area contributed by atoms with Crippen molar-refractivity contribution in [2.24, 2.45) is 5.11 Å². The SMILES string of the molecule is CC.Cc1nc(CCc2cccc(CCN=[N+]=[N-])c2)cs1.Cc1nc(CCc2cccc(CCOS(C)(=O)=O)c2)cs1.[2H]CF.[N-]=[N+]=[N-].[Na+]. The minimum absolute atomic E-state index is 0. The van der Waals surface area contributed by atoms with Gasteiger partial charge in [-0.15, -0.1) is 22.7 Å².